The van der Waals surface area contributed by atoms with Gasteiger partial charge in [0.2, 0.25) is 0 Å². The van der Waals surface area contributed by atoms with Crippen LogP contribution < -0.4 is 5.46 Å². The molecule has 0 radical (unpaired) electrons. The Bertz CT molecular complexity index is 356. The van der Waals surface area contributed by atoms with Crippen LogP contribution in [0.3, 0.4) is 0 Å². The van der Waals surface area contributed by atoms with Crippen molar-refractivity contribution in [1.82, 2.24) is 0 Å². The van der Waals surface area contributed by atoms with Gasteiger partial charge in [-0.1, -0.05) is 24.3 Å². The summed E-state index contributed by atoms with van der Waals surface area (Å²) in [6, 6.07) is 6.18. The first-order valence-electron chi connectivity index (χ1n) is 4.55. The topological polar surface area (TPSA) is 77.8 Å². The number of carboxylic acid groups (broad SMARTS) is 1. The zero-order valence-electron chi connectivity index (χ0n) is 8.64. The van der Waals surface area contributed by atoms with E-state index in [4.69, 9.17) is 15.2 Å². The van der Waals surface area contributed by atoms with Gasteiger partial charge in [-0.05, 0) is 24.9 Å². The molecule has 0 aromatic heterocycles. The summed E-state index contributed by atoms with van der Waals surface area (Å²) in [5, 5.41) is 26.7. The number of carboxylic acids is 1. The van der Waals surface area contributed by atoms with Gasteiger partial charge in [0.1, 0.15) is 0 Å². The maximum Gasteiger partial charge on any atom is 0.488 e. The summed E-state index contributed by atoms with van der Waals surface area (Å²) < 4.78 is 0. The molecule has 1 aromatic carbocycles. The average Bonchev–Trinajstić information content (AvgIpc) is 2.17. The van der Waals surface area contributed by atoms with Crippen LogP contribution in [0.2, 0.25) is 0 Å². The van der Waals surface area contributed by atoms with Gasteiger partial charge in [-0.3, -0.25) is 4.79 Å². The molecule has 0 saturated heterocycles. The zero-order chi connectivity index (χ0) is 11.6. The lowest BCUT2D eigenvalue weighted by molar-refractivity contribution is -0.142. The fraction of sp³-hybridized carbons (Fsp3) is 0.300. The molecule has 0 atom stereocenters. The minimum Gasteiger partial charge on any atom is -0.481 e. The van der Waals surface area contributed by atoms with E-state index in [2.05, 4.69) is 0 Å². The highest BCUT2D eigenvalue weighted by Crippen LogP contribution is 2.22. The van der Waals surface area contributed by atoms with Crippen LogP contribution in [-0.4, -0.2) is 28.2 Å². The van der Waals surface area contributed by atoms with E-state index in [1.165, 1.54) is 12.1 Å². The third-order valence-corrected chi connectivity index (χ3v) is 2.47. The molecule has 0 amide bonds. The summed E-state index contributed by atoms with van der Waals surface area (Å²) in [6.07, 6.45) is 0. The fourth-order valence-electron chi connectivity index (χ4n) is 1.20. The lowest BCUT2D eigenvalue weighted by Gasteiger charge is -2.19. The van der Waals surface area contributed by atoms with Crippen molar-refractivity contribution in [3.05, 3.63) is 29.8 Å². The molecule has 0 bridgehead atoms. The van der Waals surface area contributed by atoms with Gasteiger partial charge in [0.05, 0.1) is 5.41 Å². The van der Waals surface area contributed by atoms with Gasteiger partial charge >= 0.3 is 13.1 Å². The highest BCUT2D eigenvalue weighted by Gasteiger charge is 2.29. The van der Waals surface area contributed by atoms with Gasteiger partial charge < -0.3 is 15.2 Å². The van der Waals surface area contributed by atoms with E-state index in [1.807, 2.05) is 0 Å². The summed E-state index contributed by atoms with van der Waals surface area (Å²) in [5.74, 6) is -0.917. The molecule has 5 heteroatoms. The van der Waals surface area contributed by atoms with Crippen molar-refractivity contribution in [2.45, 2.75) is 19.3 Å². The SMILES string of the molecule is CC(C)(C(=O)O)c1ccc(B(O)O)cc1. The van der Waals surface area contributed by atoms with Crippen molar-refractivity contribution in [2.75, 3.05) is 0 Å². The van der Waals surface area contributed by atoms with Crippen molar-refractivity contribution < 1.29 is 19.9 Å². The Kier molecular flexibility index (Phi) is 3.17. The van der Waals surface area contributed by atoms with Crippen LogP contribution in [0.25, 0.3) is 0 Å². The molecular formula is C10H13BO4. The van der Waals surface area contributed by atoms with Crippen LogP contribution in [-0.2, 0) is 10.2 Å². The van der Waals surface area contributed by atoms with Crippen molar-refractivity contribution in [2.24, 2.45) is 0 Å². The van der Waals surface area contributed by atoms with Gasteiger partial charge in [0, 0.05) is 0 Å². The van der Waals surface area contributed by atoms with Crippen molar-refractivity contribution in [1.29, 1.82) is 0 Å². The van der Waals surface area contributed by atoms with Gasteiger partial charge in [-0.2, -0.15) is 0 Å². The predicted molar refractivity (Wildman–Crippen MR) is 56.9 cm³/mol. The quantitative estimate of drug-likeness (QED) is 0.597. The first kappa shape index (κ1) is 11.7. The van der Waals surface area contributed by atoms with Crippen LogP contribution in [0.15, 0.2) is 24.3 Å². The molecule has 3 N–H and O–H groups in total. The standard InChI is InChI=1S/C10H13BO4/c1-10(2,9(12)13)7-3-5-8(6-4-7)11(14)15/h3-6,14-15H,1-2H3,(H,12,13). The summed E-state index contributed by atoms with van der Waals surface area (Å²) in [5.41, 5.74) is -0.00167. The second-order valence-corrected chi connectivity index (χ2v) is 3.93. The number of aliphatic carboxylic acids is 1. The largest absolute Gasteiger partial charge is 0.488 e. The number of hydrogen-bond donors (Lipinski definition) is 3. The predicted octanol–water partition coefficient (Wildman–Crippen LogP) is -0.271. The van der Waals surface area contributed by atoms with Gasteiger partial charge in [-0.25, -0.2) is 0 Å². The lowest BCUT2D eigenvalue weighted by atomic mass is 9.77. The van der Waals surface area contributed by atoms with Crippen LogP contribution in [0, 0.1) is 0 Å². The van der Waals surface area contributed by atoms with Crippen LogP contribution in [0.5, 0.6) is 0 Å². The first-order valence-corrected chi connectivity index (χ1v) is 4.55. The van der Waals surface area contributed by atoms with E-state index in [9.17, 15) is 4.79 Å². The molecule has 1 rings (SSSR count). The van der Waals surface area contributed by atoms with E-state index in [-0.39, 0.29) is 0 Å². The average molecular weight is 208 g/mol. The molecule has 0 fully saturated rings. The van der Waals surface area contributed by atoms with Gasteiger partial charge in [0.25, 0.3) is 0 Å². The third-order valence-electron chi connectivity index (χ3n) is 2.47. The second-order valence-electron chi connectivity index (χ2n) is 3.93. The van der Waals surface area contributed by atoms with Crippen molar-refractivity contribution >= 4 is 18.6 Å². The molecule has 4 nitrogen and oxygen atoms in total. The van der Waals surface area contributed by atoms with Gasteiger partial charge in [-0.15, -0.1) is 0 Å². The Morgan fingerprint density at radius 3 is 2.00 bits per heavy atom. The number of hydrogen-bond acceptors (Lipinski definition) is 3. The van der Waals surface area contributed by atoms with E-state index >= 15 is 0 Å². The summed E-state index contributed by atoms with van der Waals surface area (Å²) in [7, 11) is -1.52. The number of carbonyl (C=O) groups is 1. The smallest absolute Gasteiger partial charge is 0.481 e. The minimum atomic E-state index is -1.52. The van der Waals surface area contributed by atoms with Crippen LogP contribution >= 0.6 is 0 Å². The van der Waals surface area contributed by atoms with Crippen molar-refractivity contribution in [3.8, 4) is 0 Å². The van der Waals surface area contributed by atoms with Crippen LogP contribution in [0.4, 0.5) is 0 Å². The summed E-state index contributed by atoms with van der Waals surface area (Å²) >= 11 is 0. The maximum absolute atomic E-state index is 10.9. The Labute approximate surface area is 88.3 Å². The van der Waals surface area contributed by atoms with Crippen LogP contribution in [0.1, 0.15) is 19.4 Å². The van der Waals surface area contributed by atoms with E-state index < -0.39 is 18.5 Å². The molecule has 0 heterocycles. The Hall–Kier alpha value is -1.33. The molecule has 0 unspecified atom stereocenters. The maximum atomic E-state index is 10.9. The Balaban J connectivity index is 3.04. The second kappa shape index (κ2) is 4.04. The highest BCUT2D eigenvalue weighted by molar-refractivity contribution is 6.58. The summed E-state index contributed by atoms with van der Waals surface area (Å²) in [6.45, 7) is 3.19. The van der Waals surface area contributed by atoms with Crippen molar-refractivity contribution in [3.63, 3.8) is 0 Å². The monoisotopic (exact) mass is 208 g/mol. The number of benzene rings is 1. The molecule has 0 saturated carbocycles. The summed E-state index contributed by atoms with van der Waals surface area (Å²) in [4.78, 5) is 10.9. The molecule has 15 heavy (non-hydrogen) atoms. The Morgan fingerprint density at radius 2 is 1.67 bits per heavy atom. The molecule has 1 aromatic rings. The van der Waals surface area contributed by atoms with Gasteiger partial charge in [0.15, 0.2) is 0 Å². The van der Waals surface area contributed by atoms with E-state index in [1.54, 1.807) is 26.0 Å². The fourth-order valence-corrected chi connectivity index (χ4v) is 1.20. The molecule has 0 spiro atoms. The number of rotatable bonds is 3. The highest BCUT2D eigenvalue weighted by atomic mass is 16.4. The Morgan fingerprint density at radius 1 is 1.20 bits per heavy atom. The molecule has 0 aliphatic heterocycles. The first-order chi connectivity index (χ1) is 6.85. The molecule has 80 valence electrons. The normalized spacial score (nSPS) is 11.2. The molecule has 0 aliphatic carbocycles. The minimum absolute atomic E-state index is 0.347. The third kappa shape index (κ3) is 2.37. The zero-order valence-corrected chi connectivity index (χ0v) is 8.64. The van der Waals surface area contributed by atoms with E-state index in [0.717, 1.165) is 0 Å². The lowest BCUT2D eigenvalue weighted by Crippen LogP contribution is -2.32. The molecular weight excluding hydrogens is 195 g/mol. The molecule has 0 aliphatic rings. The van der Waals surface area contributed by atoms with E-state index in [0.29, 0.717) is 11.0 Å².